The first-order chi connectivity index (χ1) is 12.5. The predicted molar refractivity (Wildman–Crippen MR) is 101 cm³/mol. The molecule has 1 fully saturated rings. The molecule has 1 aliphatic rings. The molecule has 0 spiro atoms. The third-order valence-corrected chi connectivity index (χ3v) is 4.83. The number of phenols is 1. The van der Waals surface area contributed by atoms with Crippen molar-refractivity contribution in [3.63, 3.8) is 0 Å². The molecule has 0 atom stereocenters. The zero-order valence-corrected chi connectivity index (χ0v) is 15.5. The van der Waals surface area contributed by atoms with Crippen LogP contribution in [0.15, 0.2) is 29.1 Å². The van der Waals surface area contributed by atoms with Crippen LogP contribution in [0.4, 0.5) is 5.95 Å². The Hall–Kier alpha value is -2.54. The standard InChI is InChI=1S/C19H26N4O3/c1-22(2)19-20-15(11-18(25)21-19)14-6-8-23(9-7-14)12-13-4-5-17(26-3)16(24)10-13/h4-5,10-11,14,24H,6-9,12H2,1-3H3,(H,20,21,25). The lowest BCUT2D eigenvalue weighted by Crippen LogP contribution is -2.33. The van der Waals surface area contributed by atoms with Gasteiger partial charge in [-0.25, -0.2) is 4.98 Å². The van der Waals surface area contributed by atoms with Gasteiger partial charge in [0, 0.05) is 32.6 Å². The molecule has 0 radical (unpaired) electrons. The van der Waals surface area contributed by atoms with Gasteiger partial charge in [-0.3, -0.25) is 14.7 Å². The summed E-state index contributed by atoms with van der Waals surface area (Å²) in [4.78, 5) is 23.4. The number of aromatic nitrogens is 2. The van der Waals surface area contributed by atoms with Gasteiger partial charge in [0.2, 0.25) is 5.95 Å². The molecule has 7 heteroatoms. The summed E-state index contributed by atoms with van der Waals surface area (Å²) in [6, 6.07) is 7.15. The number of nitrogens with one attached hydrogen (secondary N) is 1. The van der Waals surface area contributed by atoms with Crippen molar-refractivity contribution in [3.05, 3.63) is 45.9 Å². The average Bonchev–Trinajstić information content (AvgIpc) is 2.62. The van der Waals surface area contributed by atoms with Gasteiger partial charge in [-0.2, -0.15) is 0 Å². The number of hydrogen-bond acceptors (Lipinski definition) is 6. The van der Waals surface area contributed by atoms with Crippen molar-refractivity contribution >= 4 is 5.95 Å². The Morgan fingerprint density at radius 2 is 2.04 bits per heavy atom. The molecule has 1 aromatic carbocycles. The Labute approximate surface area is 153 Å². The molecule has 2 heterocycles. The minimum atomic E-state index is -0.102. The number of methoxy groups -OCH3 is 1. The molecular formula is C19H26N4O3. The summed E-state index contributed by atoms with van der Waals surface area (Å²) in [5.74, 6) is 1.56. The van der Waals surface area contributed by atoms with Gasteiger partial charge in [0.15, 0.2) is 11.5 Å². The van der Waals surface area contributed by atoms with Crippen molar-refractivity contribution in [3.8, 4) is 11.5 Å². The SMILES string of the molecule is COc1ccc(CN2CCC(c3cc(=O)[nH]c(N(C)C)n3)CC2)cc1O. The highest BCUT2D eigenvalue weighted by atomic mass is 16.5. The predicted octanol–water partition coefficient (Wildman–Crippen LogP) is 1.93. The van der Waals surface area contributed by atoms with Gasteiger partial charge in [-0.15, -0.1) is 0 Å². The van der Waals surface area contributed by atoms with E-state index in [1.54, 1.807) is 25.3 Å². The summed E-state index contributed by atoms with van der Waals surface area (Å²) in [7, 11) is 5.29. The summed E-state index contributed by atoms with van der Waals surface area (Å²) < 4.78 is 5.09. The van der Waals surface area contributed by atoms with E-state index in [9.17, 15) is 9.90 Å². The Kier molecular flexibility index (Phi) is 5.46. The Balaban J connectivity index is 1.62. The highest BCUT2D eigenvalue weighted by Crippen LogP contribution is 2.30. The van der Waals surface area contributed by atoms with Crippen LogP contribution in [0.3, 0.4) is 0 Å². The Bertz CT molecular complexity index is 811. The smallest absolute Gasteiger partial charge is 0.252 e. The molecule has 1 aliphatic heterocycles. The number of benzene rings is 1. The van der Waals surface area contributed by atoms with Crippen LogP contribution in [0.5, 0.6) is 11.5 Å². The van der Waals surface area contributed by atoms with Crippen LogP contribution in [0, 0.1) is 0 Å². The van der Waals surface area contributed by atoms with Crippen molar-refractivity contribution in [2.45, 2.75) is 25.3 Å². The molecular weight excluding hydrogens is 332 g/mol. The number of H-pyrrole nitrogens is 1. The molecule has 3 rings (SSSR count). The minimum absolute atomic E-state index is 0.102. The zero-order chi connectivity index (χ0) is 18.7. The van der Waals surface area contributed by atoms with Gasteiger partial charge in [0.25, 0.3) is 5.56 Å². The fourth-order valence-electron chi connectivity index (χ4n) is 3.36. The number of nitrogens with zero attached hydrogens (tertiary/aromatic N) is 3. The molecule has 1 saturated heterocycles. The van der Waals surface area contributed by atoms with Crippen LogP contribution in [-0.4, -0.2) is 54.3 Å². The van der Waals surface area contributed by atoms with Crippen LogP contribution in [0.2, 0.25) is 0 Å². The third-order valence-electron chi connectivity index (χ3n) is 4.83. The summed E-state index contributed by atoms with van der Waals surface area (Å²) in [6.45, 7) is 2.66. The molecule has 0 bridgehead atoms. The maximum atomic E-state index is 11.9. The second-order valence-corrected chi connectivity index (χ2v) is 6.94. The first-order valence-electron chi connectivity index (χ1n) is 8.83. The lowest BCUT2D eigenvalue weighted by atomic mass is 9.93. The van der Waals surface area contributed by atoms with E-state index in [-0.39, 0.29) is 11.3 Å². The first-order valence-corrected chi connectivity index (χ1v) is 8.83. The Morgan fingerprint density at radius 3 is 2.65 bits per heavy atom. The number of piperidine rings is 1. The Morgan fingerprint density at radius 1 is 1.31 bits per heavy atom. The normalized spacial score (nSPS) is 15.8. The number of ether oxygens (including phenoxy) is 1. The van der Waals surface area contributed by atoms with E-state index in [1.165, 1.54) is 0 Å². The second-order valence-electron chi connectivity index (χ2n) is 6.94. The summed E-state index contributed by atoms with van der Waals surface area (Å²) >= 11 is 0. The van der Waals surface area contributed by atoms with Crippen molar-refractivity contribution < 1.29 is 9.84 Å². The van der Waals surface area contributed by atoms with Crippen molar-refractivity contribution in [1.82, 2.24) is 14.9 Å². The largest absolute Gasteiger partial charge is 0.504 e. The molecule has 7 nitrogen and oxygen atoms in total. The maximum Gasteiger partial charge on any atom is 0.252 e. The van der Waals surface area contributed by atoms with Crippen molar-refractivity contribution in [2.75, 3.05) is 39.2 Å². The van der Waals surface area contributed by atoms with E-state index in [0.717, 1.165) is 43.7 Å². The lowest BCUT2D eigenvalue weighted by molar-refractivity contribution is 0.203. The van der Waals surface area contributed by atoms with E-state index in [1.807, 2.05) is 25.1 Å². The van der Waals surface area contributed by atoms with E-state index in [2.05, 4.69) is 14.9 Å². The fourth-order valence-corrected chi connectivity index (χ4v) is 3.36. The van der Waals surface area contributed by atoms with E-state index in [4.69, 9.17) is 4.74 Å². The number of phenolic OH excluding ortho intramolecular Hbond substituents is 1. The molecule has 0 saturated carbocycles. The van der Waals surface area contributed by atoms with Gasteiger partial charge in [-0.05, 0) is 43.6 Å². The molecule has 26 heavy (non-hydrogen) atoms. The number of aromatic hydroxyl groups is 1. The number of anilines is 1. The number of hydrogen-bond donors (Lipinski definition) is 2. The topological polar surface area (TPSA) is 81.7 Å². The summed E-state index contributed by atoms with van der Waals surface area (Å²) in [6.07, 6.45) is 1.93. The minimum Gasteiger partial charge on any atom is -0.504 e. The molecule has 0 unspecified atom stereocenters. The molecule has 0 aliphatic carbocycles. The van der Waals surface area contributed by atoms with Crippen LogP contribution in [0.25, 0.3) is 0 Å². The molecule has 2 aromatic rings. The van der Waals surface area contributed by atoms with Gasteiger partial charge in [-0.1, -0.05) is 6.07 Å². The van der Waals surface area contributed by atoms with E-state index >= 15 is 0 Å². The van der Waals surface area contributed by atoms with Crippen LogP contribution < -0.4 is 15.2 Å². The highest BCUT2D eigenvalue weighted by molar-refractivity contribution is 5.41. The second kappa shape index (κ2) is 7.78. The number of aromatic amines is 1. The summed E-state index contributed by atoms with van der Waals surface area (Å²) in [5, 5.41) is 9.92. The number of likely N-dealkylation sites (tertiary alicyclic amines) is 1. The van der Waals surface area contributed by atoms with Gasteiger partial charge in [0.05, 0.1) is 12.8 Å². The van der Waals surface area contributed by atoms with Gasteiger partial charge < -0.3 is 14.7 Å². The molecule has 140 valence electrons. The van der Waals surface area contributed by atoms with Gasteiger partial charge >= 0.3 is 0 Å². The van der Waals surface area contributed by atoms with E-state index in [0.29, 0.717) is 17.6 Å². The molecule has 2 N–H and O–H groups in total. The molecule has 1 aromatic heterocycles. The molecule has 0 amide bonds. The monoisotopic (exact) mass is 358 g/mol. The summed E-state index contributed by atoms with van der Waals surface area (Å²) in [5.41, 5.74) is 1.83. The van der Waals surface area contributed by atoms with Crippen molar-refractivity contribution in [1.29, 1.82) is 0 Å². The lowest BCUT2D eigenvalue weighted by Gasteiger charge is -2.32. The quantitative estimate of drug-likeness (QED) is 0.850. The van der Waals surface area contributed by atoms with E-state index < -0.39 is 0 Å². The first kappa shape index (κ1) is 18.3. The van der Waals surface area contributed by atoms with Crippen LogP contribution in [0.1, 0.15) is 30.0 Å². The number of rotatable bonds is 5. The van der Waals surface area contributed by atoms with Gasteiger partial charge in [0.1, 0.15) is 0 Å². The van der Waals surface area contributed by atoms with Crippen LogP contribution >= 0.6 is 0 Å². The van der Waals surface area contributed by atoms with Crippen molar-refractivity contribution in [2.24, 2.45) is 0 Å². The highest BCUT2D eigenvalue weighted by Gasteiger charge is 2.23. The zero-order valence-electron chi connectivity index (χ0n) is 15.5. The maximum absolute atomic E-state index is 11.9. The average molecular weight is 358 g/mol. The third kappa shape index (κ3) is 4.16. The fraction of sp³-hybridized carbons (Fsp3) is 0.474. The van der Waals surface area contributed by atoms with Crippen LogP contribution in [-0.2, 0) is 6.54 Å².